The molecule has 0 radical (unpaired) electrons. The van der Waals surface area contributed by atoms with E-state index in [1.165, 1.54) is 17.0 Å². The number of hydrogen-bond donors (Lipinski definition) is 1. The molecule has 1 atom stereocenters. The summed E-state index contributed by atoms with van der Waals surface area (Å²) in [6.45, 7) is 5.09. The maximum Gasteiger partial charge on any atom is 0.264 e. The molecule has 0 aliphatic heterocycles. The lowest BCUT2D eigenvalue weighted by Crippen LogP contribution is -2.53. The zero-order valence-electron chi connectivity index (χ0n) is 23.8. The van der Waals surface area contributed by atoms with E-state index in [0.717, 1.165) is 53.1 Å². The maximum absolute atomic E-state index is 14.1. The Morgan fingerprint density at radius 2 is 1.59 bits per heavy atom. The van der Waals surface area contributed by atoms with Gasteiger partial charge >= 0.3 is 0 Å². The van der Waals surface area contributed by atoms with E-state index in [9.17, 15) is 18.0 Å². The first kappa shape index (κ1) is 30.6. The van der Waals surface area contributed by atoms with Gasteiger partial charge in [0, 0.05) is 17.6 Å². The second kappa shape index (κ2) is 13.5. The van der Waals surface area contributed by atoms with Gasteiger partial charge in [0.15, 0.2) is 0 Å². The van der Waals surface area contributed by atoms with E-state index < -0.39 is 28.5 Å². The zero-order valence-corrected chi connectivity index (χ0v) is 25.4. The lowest BCUT2D eigenvalue weighted by molar-refractivity contribution is -0.139. The number of sulfonamides is 1. The van der Waals surface area contributed by atoms with Gasteiger partial charge in [0.1, 0.15) is 12.6 Å². The fourth-order valence-corrected chi connectivity index (χ4v) is 6.96. The number of halogens is 1. The average molecular weight is 596 g/mol. The van der Waals surface area contributed by atoms with Crippen molar-refractivity contribution in [3.8, 4) is 0 Å². The first-order chi connectivity index (χ1) is 19.5. The SMILES string of the molecule is Cc1cc(C)cc(N(CC(=O)N(Cc2cccc(Cl)c2)C(C)C(=O)NC2CCCCC2)S(=O)(=O)c2ccccc2)c1. The molecule has 218 valence electrons. The fourth-order valence-electron chi connectivity index (χ4n) is 5.33. The van der Waals surface area contributed by atoms with Crippen LogP contribution in [0.25, 0.3) is 0 Å². The minimum absolute atomic E-state index is 0.0760. The Hall–Kier alpha value is -3.36. The zero-order chi connectivity index (χ0) is 29.6. The number of nitrogens with one attached hydrogen (secondary N) is 1. The molecule has 9 heteroatoms. The van der Waals surface area contributed by atoms with E-state index in [0.29, 0.717) is 10.7 Å². The first-order valence-corrected chi connectivity index (χ1v) is 15.9. The van der Waals surface area contributed by atoms with Crippen LogP contribution in [0.3, 0.4) is 0 Å². The quantitative estimate of drug-likeness (QED) is 0.311. The summed E-state index contributed by atoms with van der Waals surface area (Å²) in [5, 5.41) is 3.63. The largest absolute Gasteiger partial charge is 0.352 e. The third kappa shape index (κ3) is 7.89. The summed E-state index contributed by atoms with van der Waals surface area (Å²) in [6.07, 6.45) is 5.11. The monoisotopic (exact) mass is 595 g/mol. The van der Waals surface area contributed by atoms with Gasteiger partial charge in [0.2, 0.25) is 11.8 Å². The van der Waals surface area contributed by atoms with Gasteiger partial charge in [-0.05, 0) is 86.7 Å². The van der Waals surface area contributed by atoms with Gasteiger partial charge in [0.05, 0.1) is 10.6 Å². The second-order valence-electron chi connectivity index (χ2n) is 10.8. The van der Waals surface area contributed by atoms with Crippen LogP contribution < -0.4 is 9.62 Å². The minimum Gasteiger partial charge on any atom is -0.352 e. The van der Waals surface area contributed by atoms with Crippen molar-refractivity contribution >= 4 is 39.1 Å². The molecule has 1 saturated carbocycles. The second-order valence-corrected chi connectivity index (χ2v) is 13.1. The third-order valence-electron chi connectivity index (χ3n) is 7.47. The summed E-state index contributed by atoms with van der Waals surface area (Å²) in [7, 11) is -4.10. The van der Waals surface area contributed by atoms with Crippen molar-refractivity contribution in [2.75, 3.05) is 10.8 Å². The first-order valence-electron chi connectivity index (χ1n) is 14.0. The molecule has 0 bridgehead atoms. The Balaban J connectivity index is 1.69. The fraction of sp³-hybridized carbons (Fsp3) is 0.375. The lowest BCUT2D eigenvalue weighted by atomic mass is 9.95. The van der Waals surface area contributed by atoms with E-state index in [1.807, 2.05) is 26.0 Å². The van der Waals surface area contributed by atoms with Crippen molar-refractivity contribution in [1.29, 1.82) is 0 Å². The van der Waals surface area contributed by atoms with E-state index in [-0.39, 0.29) is 23.4 Å². The van der Waals surface area contributed by atoms with E-state index in [2.05, 4.69) is 5.32 Å². The number of hydrogen-bond acceptors (Lipinski definition) is 4. The molecule has 0 spiro atoms. The van der Waals surface area contributed by atoms with Crippen molar-refractivity contribution in [3.05, 3.63) is 94.5 Å². The predicted octanol–water partition coefficient (Wildman–Crippen LogP) is 6.02. The van der Waals surface area contributed by atoms with Crippen LogP contribution in [0.1, 0.15) is 55.7 Å². The summed E-state index contributed by atoms with van der Waals surface area (Å²) < 4.78 is 29.0. The maximum atomic E-state index is 14.1. The van der Waals surface area contributed by atoms with Gasteiger partial charge in [-0.3, -0.25) is 13.9 Å². The number of benzene rings is 3. The highest BCUT2D eigenvalue weighted by Crippen LogP contribution is 2.27. The molecule has 3 aromatic rings. The molecule has 2 amide bonds. The summed E-state index contributed by atoms with van der Waals surface area (Å²) in [5.74, 6) is -0.744. The van der Waals surface area contributed by atoms with Crippen LogP contribution in [0.2, 0.25) is 5.02 Å². The Morgan fingerprint density at radius 1 is 0.927 bits per heavy atom. The molecule has 1 unspecified atom stereocenters. The molecule has 1 aliphatic rings. The van der Waals surface area contributed by atoms with Crippen LogP contribution in [-0.4, -0.2) is 43.8 Å². The van der Waals surface area contributed by atoms with Crippen molar-refractivity contribution in [3.63, 3.8) is 0 Å². The molecule has 3 aromatic carbocycles. The summed E-state index contributed by atoms with van der Waals surface area (Å²) in [5.41, 5.74) is 2.88. The van der Waals surface area contributed by atoms with Gasteiger partial charge < -0.3 is 10.2 Å². The molecule has 1 N–H and O–H groups in total. The van der Waals surface area contributed by atoms with Crippen molar-refractivity contribution in [2.45, 2.75) is 76.4 Å². The van der Waals surface area contributed by atoms with Crippen molar-refractivity contribution < 1.29 is 18.0 Å². The number of anilines is 1. The van der Waals surface area contributed by atoms with Crippen LogP contribution in [0, 0.1) is 13.8 Å². The van der Waals surface area contributed by atoms with Gasteiger partial charge in [-0.25, -0.2) is 8.42 Å². The van der Waals surface area contributed by atoms with Crippen LogP contribution >= 0.6 is 11.6 Å². The van der Waals surface area contributed by atoms with Gasteiger partial charge in [0.25, 0.3) is 10.0 Å². The number of rotatable bonds is 10. The molecular weight excluding hydrogens is 558 g/mol. The Labute approximate surface area is 248 Å². The summed E-state index contributed by atoms with van der Waals surface area (Å²) in [6, 6.07) is 19.9. The van der Waals surface area contributed by atoms with E-state index in [1.54, 1.807) is 55.5 Å². The number of nitrogens with zero attached hydrogens (tertiary/aromatic N) is 2. The number of carbonyl (C=O) groups excluding carboxylic acids is 2. The van der Waals surface area contributed by atoms with Gasteiger partial charge in [-0.15, -0.1) is 0 Å². The van der Waals surface area contributed by atoms with Crippen LogP contribution in [0.5, 0.6) is 0 Å². The minimum atomic E-state index is -4.10. The Kier molecular flexibility index (Phi) is 10.1. The Morgan fingerprint density at radius 3 is 2.22 bits per heavy atom. The van der Waals surface area contributed by atoms with E-state index in [4.69, 9.17) is 11.6 Å². The van der Waals surface area contributed by atoms with Gasteiger partial charge in [-0.2, -0.15) is 0 Å². The molecular formula is C32H38ClN3O4S. The molecule has 1 aliphatic carbocycles. The normalized spacial score (nSPS) is 14.7. The average Bonchev–Trinajstić information content (AvgIpc) is 2.94. The summed E-state index contributed by atoms with van der Waals surface area (Å²) in [4.78, 5) is 29.0. The van der Waals surface area contributed by atoms with Gasteiger partial charge in [-0.1, -0.05) is 67.3 Å². The highest BCUT2D eigenvalue weighted by Gasteiger charge is 2.33. The number of amides is 2. The molecule has 0 saturated heterocycles. The predicted molar refractivity (Wildman–Crippen MR) is 163 cm³/mol. The molecule has 4 rings (SSSR count). The van der Waals surface area contributed by atoms with Crippen LogP contribution in [-0.2, 0) is 26.2 Å². The lowest BCUT2D eigenvalue weighted by Gasteiger charge is -2.33. The van der Waals surface area contributed by atoms with Crippen molar-refractivity contribution in [2.24, 2.45) is 0 Å². The smallest absolute Gasteiger partial charge is 0.264 e. The van der Waals surface area contributed by atoms with Crippen LogP contribution in [0.15, 0.2) is 77.7 Å². The molecule has 0 heterocycles. The topological polar surface area (TPSA) is 86.8 Å². The molecule has 1 fully saturated rings. The number of carbonyl (C=O) groups is 2. The highest BCUT2D eigenvalue weighted by atomic mass is 35.5. The molecule has 0 aromatic heterocycles. The summed E-state index contributed by atoms with van der Waals surface area (Å²) >= 11 is 6.23. The van der Waals surface area contributed by atoms with Crippen LogP contribution in [0.4, 0.5) is 5.69 Å². The van der Waals surface area contributed by atoms with E-state index >= 15 is 0 Å². The number of aryl methyl sites for hydroxylation is 2. The third-order valence-corrected chi connectivity index (χ3v) is 9.49. The van der Waals surface area contributed by atoms with Crippen molar-refractivity contribution in [1.82, 2.24) is 10.2 Å². The molecule has 41 heavy (non-hydrogen) atoms. The Bertz CT molecular complexity index is 1450. The highest BCUT2D eigenvalue weighted by molar-refractivity contribution is 7.92. The molecule has 7 nitrogen and oxygen atoms in total. The standard InChI is InChI=1S/C32H38ClN3O4S/c1-23-17-24(2)19-29(18-23)36(41(39,40)30-15-8-5-9-16-30)22-31(37)35(21-26-11-10-12-27(33)20-26)25(3)32(38)34-28-13-6-4-7-14-28/h5,8-12,15-20,25,28H,4,6-7,13-14,21-22H2,1-3H3,(H,34,38).